The number of halogens is 1. The molecule has 0 aliphatic carbocycles. The monoisotopic (exact) mass is 314 g/mol. The maximum Gasteiger partial charge on any atom is 0.245 e. The summed E-state index contributed by atoms with van der Waals surface area (Å²) in [5.41, 5.74) is 0.781. The number of hydrogen-bond acceptors (Lipinski definition) is 3. The topological polar surface area (TPSA) is 60.1 Å². The van der Waals surface area contributed by atoms with Gasteiger partial charge in [-0.05, 0) is 6.07 Å². The van der Waals surface area contributed by atoms with E-state index >= 15 is 0 Å². The van der Waals surface area contributed by atoms with E-state index in [1.54, 1.807) is 30.1 Å². The van der Waals surface area contributed by atoms with Gasteiger partial charge in [0, 0.05) is 44.4 Å². The Kier molecular flexibility index (Phi) is 3.35. The quantitative estimate of drug-likeness (QED) is 0.799. The van der Waals surface area contributed by atoms with Crippen LogP contribution >= 0.6 is 11.6 Å². The van der Waals surface area contributed by atoms with E-state index in [-0.39, 0.29) is 10.8 Å². The molecule has 0 N–H and O–H groups in total. The Balaban J connectivity index is 1.92. The minimum absolute atomic E-state index is 0.288. The summed E-state index contributed by atoms with van der Waals surface area (Å²) in [5.74, 6) is 1.06. The predicted molar refractivity (Wildman–Crippen MR) is 74.8 cm³/mol. The summed E-state index contributed by atoms with van der Waals surface area (Å²) in [6.45, 7) is 1.39. The Morgan fingerprint density at radius 2 is 2.20 bits per heavy atom. The van der Waals surface area contributed by atoms with Gasteiger partial charge >= 0.3 is 0 Å². The van der Waals surface area contributed by atoms with E-state index in [2.05, 4.69) is 4.98 Å². The minimum Gasteiger partial charge on any atom is -0.352 e. The Hall–Kier alpha value is -1.31. The number of aromatic nitrogens is 3. The van der Waals surface area contributed by atoms with E-state index in [9.17, 15) is 8.42 Å². The molecule has 2 aromatic heterocycles. The van der Waals surface area contributed by atoms with E-state index in [0.717, 1.165) is 11.5 Å². The lowest BCUT2D eigenvalue weighted by atomic mass is 10.4. The molecule has 2 aromatic rings. The number of rotatable bonds is 3. The normalized spacial score (nSPS) is 16.3. The first kappa shape index (κ1) is 13.7. The number of alkyl halides is 1. The van der Waals surface area contributed by atoms with Crippen molar-refractivity contribution >= 4 is 21.6 Å². The van der Waals surface area contributed by atoms with Crippen molar-refractivity contribution < 1.29 is 8.42 Å². The standard InChI is InChI=1S/C12H15ClN4O2S/c1-15-8-11(6-10(15)7-13)20(18,19)17-5-4-16-3-2-14-12(16)9-17/h2-3,6,8H,4-5,7,9H2,1H3. The molecular weight excluding hydrogens is 300 g/mol. The second-order valence-corrected chi connectivity index (χ2v) is 6.99. The van der Waals surface area contributed by atoms with Crippen LogP contribution in [0.4, 0.5) is 0 Å². The summed E-state index contributed by atoms with van der Waals surface area (Å²) < 4.78 is 30.4. The first-order chi connectivity index (χ1) is 9.52. The zero-order valence-corrected chi connectivity index (χ0v) is 12.6. The molecule has 0 bridgehead atoms. The molecule has 3 rings (SSSR count). The van der Waals surface area contributed by atoms with E-state index in [1.807, 2.05) is 10.8 Å². The van der Waals surface area contributed by atoms with E-state index in [0.29, 0.717) is 19.6 Å². The van der Waals surface area contributed by atoms with Gasteiger partial charge in [0.05, 0.1) is 12.4 Å². The zero-order chi connectivity index (χ0) is 14.3. The maximum absolute atomic E-state index is 12.6. The van der Waals surface area contributed by atoms with Gasteiger partial charge in [0.15, 0.2) is 0 Å². The van der Waals surface area contributed by atoms with Crippen LogP contribution in [-0.4, -0.2) is 33.4 Å². The molecule has 3 heterocycles. The summed E-state index contributed by atoms with van der Waals surface area (Å²) in [6.07, 6.45) is 5.17. The summed E-state index contributed by atoms with van der Waals surface area (Å²) in [4.78, 5) is 4.47. The molecule has 8 heteroatoms. The van der Waals surface area contributed by atoms with Crippen LogP contribution in [0, 0.1) is 0 Å². The van der Waals surface area contributed by atoms with Gasteiger partial charge in [0.25, 0.3) is 0 Å². The highest BCUT2D eigenvalue weighted by Crippen LogP contribution is 2.23. The molecule has 0 saturated carbocycles. The van der Waals surface area contributed by atoms with Crippen LogP contribution < -0.4 is 0 Å². The van der Waals surface area contributed by atoms with Crippen molar-refractivity contribution in [3.63, 3.8) is 0 Å². The van der Waals surface area contributed by atoms with Crippen molar-refractivity contribution in [1.29, 1.82) is 0 Å². The molecule has 0 aromatic carbocycles. The summed E-state index contributed by atoms with van der Waals surface area (Å²) in [7, 11) is -1.70. The molecule has 0 fully saturated rings. The van der Waals surface area contributed by atoms with E-state index in [1.165, 1.54) is 4.31 Å². The first-order valence-corrected chi connectivity index (χ1v) is 8.21. The van der Waals surface area contributed by atoms with E-state index < -0.39 is 10.0 Å². The van der Waals surface area contributed by atoms with Crippen LogP contribution in [0.5, 0.6) is 0 Å². The molecule has 20 heavy (non-hydrogen) atoms. The highest BCUT2D eigenvalue weighted by atomic mass is 35.5. The van der Waals surface area contributed by atoms with Gasteiger partial charge in [0.2, 0.25) is 10.0 Å². The summed E-state index contributed by atoms with van der Waals surface area (Å²) in [5, 5.41) is 0. The molecule has 0 atom stereocenters. The third-order valence-corrected chi connectivity index (χ3v) is 5.65. The minimum atomic E-state index is -3.49. The number of nitrogens with zero attached hydrogens (tertiary/aromatic N) is 4. The van der Waals surface area contributed by atoms with Crippen molar-refractivity contribution in [1.82, 2.24) is 18.4 Å². The number of imidazole rings is 1. The Morgan fingerprint density at radius 1 is 1.40 bits per heavy atom. The van der Waals surface area contributed by atoms with Gasteiger partial charge in [-0.15, -0.1) is 11.6 Å². The SMILES string of the molecule is Cn1cc(S(=O)(=O)N2CCn3ccnc3C2)cc1CCl. The van der Waals surface area contributed by atoms with Crippen molar-refractivity contribution in [3.05, 3.63) is 36.2 Å². The van der Waals surface area contributed by atoms with Crippen molar-refractivity contribution in [2.24, 2.45) is 7.05 Å². The number of fused-ring (bicyclic) bond motifs is 1. The van der Waals surface area contributed by atoms with Crippen molar-refractivity contribution in [3.8, 4) is 0 Å². The Morgan fingerprint density at radius 3 is 2.90 bits per heavy atom. The van der Waals surface area contributed by atoms with Crippen LogP contribution in [0.15, 0.2) is 29.6 Å². The third kappa shape index (κ3) is 2.15. The lowest BCUT2D eigenvalue weighted by Crippen LogP contribution is -2.38. The molecule has 0 unspecified atom stereocenters. The van der Waals surface area contributed by atoms with E-state index in [4.69, 9.17) is 11.6 Å². The molecule has 0 saturated heterocycles. The smallest absolute Gasteiger partial charge is 0.245 e. The Labute approximate surface area is 122 Å². The number of aryl methyl sites for hydroxylation is 1. The molecule has 0 radical (unpaired) electrons. The van der Waals surface area contributed by atoms with Crippen LogP contribution in [0.1, 0.15) is 11.5 Å². The molecular formula is C12H15ClN4O2S. The fourth-order valence-corrected chi connectivity index (χ4v) is 4.10. The average molecular weight is 315 g/mol. The summed E-state index contributed by atoms with van der Waals surface area (Å²) >= 11 is 5.79. The molecule has 1 aliphatic heterocycles. The van der Waals surface area contributed by atoms with Gasteiger partial charge in [-0.25, -0.2) is 13.4 Å². The highest BCUT2D eigenvalue weighted by molar-refractivity contribution is 7.89. The molecule has 0 spiro atoms. The van der Waals surface area contributed by atoms with Gasteiger partial charge in [-0.1, -0.05) is 0 Å². The molecule has 1 aliphatic rings. The molecule has 0 amide bonds. The maximum atomic E-state index is 12.6. The van der Waals surface area contributed by atoms with Crippen molar-refractivity contribution in [2.75, 3.05) is 6.54 Å². The molecule has 108 valence electrons. The van der Waals surface area contributed by atoms with Crippen molar-refractivity contribution in [2.45, 2.75) is 23.9 Å². The Bertz CT molecular complexity index is 734. The van der Waals surface area contributed by atoms with Crippen LogP contribution in [0.3, 0.4) is 0 Å². The zero-order valence-electron chi connectivity index (χ0n) is 11.0. The lowest BCUT2D eigenvalue weighted by Gasteiger charge is -2.26. The van der Waals surface area contributed by atoms with Crippen LogP contribution in [0.2, 0.25) is 0 Å². The predicted octanol–water partition coefficient (Wildman–Crippen LogP) is 1.16. The third-order valence-electron chi connectivity index (χ3n) is 3.57. The van der Waals surface area contributed by atoms with Gasteiger partial charge in [0.1, 0.15) is 10.7 Å². The summed E-state index contributed by atoms with van der Waals surface area (Å²) in [6, 6.07) is 1.63. The van der Waals surface area contributed by atoms with Gasteiger partial charge in [-0.3, -0.25) is 0 Å². The first-order valence-electron chi connectivity index (χ1n) is 6.24. The van der Waals surface area contributed by atoms with Crippen LogP contribution in [-0.2, 0) is 36.0 Å². The fraction of sp³-hybridized carbons (Fsp3) is 0.417. The highest BCUT2D eigenvalue weighted by Gasteiger charge is 2.29. The number of hydrogen-bond donors (Lipinski definition) is 0. The van der Waals surface area contributed by atoms with Gasteiger partial charge < -0.3 is 9.13 Å². The fourth-order valence-electron chi connectivity index (χ4n) is 2.36. The second kappa shape index (κ2) is 4.91. The second-order valence-electron chi connectivity index (χ2n) is 4.79. The van der Waals surface area contributed by atoms with Crippen LogP contribution in [0.25, 0.3) is 0 Å². The average Bonchev–Trinajstić information content (AvgIpc) is 3.03. The largest absolute Gasteiger partial charge is 0.352 e. The van der Waals surface area contributed by atoms with Gasteiger partial charge in [-0.2, -0.15) is 4.31 Å². The number of sulfonamides is 1. The molecule has 6 nitrogen and oxygen atoms in total. The lowest BCUT2D eigenvalue weighted by molar-refractivity contribution is 0.335.